The molecule has 2 aromatic rings. The molecule has 1 aromatic heterocycles. The maximum Gasteiger partial charge on any atom is 0.230 e. The number of amides is 1. The van der Waals surface area contributed by atoms with Crippen molar-refractivity contribution in [2.75, 3.05) is 0 Å². The number of rotatable bonds is 6. The Bertz CT molecular complexity index is 802. The van der Waals surface area contributed by atoms with Crippen LogP contribution in [0.2, 0.25) is 0 Å². The number of nitrogens with zero attached hydrogens (tertiary/aromatic N) is 2. The summed E-state index contributed by atoms with van der Waals surface area (Å²) in [5.41, 5.74) is 2.62. The Morgan fingerprint density at radius 1 is 1.17 bits per heavy atom. The Morgan fingerprint density at radius 2 is 1.79 bits per heavy atom. The molecule has 0 saturated heterocycles. The predicted octanol–water partition coefficient (Wildman–Crippen LogP) is 6.09. The lowest BCUT2D eigenvalue weighted by atomic mass is 9.82. The van der Waals surface area contributed by atoms with Crippen LogP contribution in [0.15, 0.2) is 28.8 Å². The van der Waals surface area contributed by atoms with E-state index in [0.29, 0.717) is 5.76 Å². The molecule has 5 heteroatoms. The zero-order valence-electron chi connectivity index (χ0n) is 18.2. The number of carbonyl (C=O) groups excluding carboxylic acids is 1. The highest BCUT2D eigenvalue weighted by Gasteiger charge is 2.36. The fourth-order valence-electron chi connectivity index (χ4n) is 4.88. The first kappa shape index (κ1) is 21.5. The molecule has 158 valence electrons. The van der Waals surface area contributed by atoms with E-state index >= 15 is 0 Å². The molecule has 4 nitrogen and oxygen atoms in total. The van der Waals surface area contributed by atoms with Crippen LogP contribution in [-0.4, -0.2) is 22.0 Å². The maximum atomic E-state index is 13.8. The van der Waals surface area contributed by atoms with E-state index in [2.05, 4.69) is 23.9 Å². The van der Waals surface area contributed by atoms with Gasteiger partial charge in [-0.25, -0.2) is 4.39 Å². The van der Waals surface area contributed by atoms with E-state index in [9.17, 15) is 9.18 Å². The minimum absolute atomic E-state index is 0.0937. The van der Waals surface area contributed by atoms with Gasteiger partial charge < -0.3 is 9.42 Å². The first-order valence-electron chi connectivity index (χ1n) is 10.8. The molecular weight excluding hydrogens is 367 g/mol. The molecule has 1 fully saturated rings. The van der Waals surface area contributed by atoms with Gasteiger partial charge in [-0.15, -0.1) is 0 Å². The standard InChI is InChI=1S/C24H33FN2O2/c1-6-19-7-13-22(14-8-19)27(17(4)20-9-11-21(25)12-10-20)24(28)15(2)23-16(3)26-29-18(23)5/h9-12,15,17,19,22H,6-8,13-14H2,1-5H3/t15-,17+,19?,22?/m1/s1. The second-order valence-corrected chi connectivity index (χ2v) is 8.52. The van der Waals surface area contributed by atoms with Crippen LogP contribution in [0.25, 0.3) is 0 Å². The van der Waals surface area contributed by atoms with Crippen LogP contribution in [0.4, 0.5) is 4.39 Å². The van der Waals surface area contributed by atoms with E-state index < -0.39 is 0 Å². The number of benzene rings is 1. The van der Waals surface area contributed by atoms with Gasteiger partial charge in [-0.3, -0.25) is 4.79 Å². The van der Waals surface area contributed by atoms with Crippen molar-refractivity contribution in [3.8, 4) is 0 Å². The van der Waals surface area contributed by atoms with Crippen molar-refractivity contribution in [2.24, 2.45) is 5.92 Å². The highest BCUT2D eigenvalue weighted by molar-refractivity contribution is 5.84. The highest BCUT2D eigenvalue weighted by Crippen LogP contribution is 2.37. The van der Waals surface area contributed by atoms with Gasteiger partial charge in [-0.1, -0.05) is 30.6 Å². The average Bonchev–Trinajstić information content (AvgIpc) is 3.06. The van der Waals surface area contributed by atoms with Crippen LogP contribution >= 0.6 is 0 Å². The topological polar surface area (TPSA) is 46.3 Å². The molecule has 0 spiro atoms. The normalized spacial score (nSPS) is 21.6. The Balaban J connectivity index is 1.91. The molecular formula is C24H33FN2O2. The molecule has 1 aromatic carbocycles. The summed E-state index contributed by atoms with van der Waals surface area (Å²) in [4.78, 5) is 15.8. The minimum atomic E-state index is -0.326. The summed E-state index contributed by atoms with van der Waals surface area (Å²) in [5, 5.41) is 4.04. The summed E-state index contributed by atoms with van der Waals surface area (Å²) in [7, 11) is 0. The quantitative estimate of drug-likeness (QED) is 0.589. The fraction of sp³-hybridized carbons (Fsp3) is 0.583. The van der Waals surface area contributed by atoms with Gasteiger partial charge in [0, 0.05) is 11.6 Å². The van der Waals surface area contributed by atoms with Crippen LogP contribution in [-0.2, 0) is 4.79 Å². The second kappa shape index (κ2) is 9.10. The molecule has 1 aliphatic carbocycles. The zero-order valence-corrected chi connectivity index (χ0v) is 18.2. The van der Waals surface area contributed by atoms with Gasteiger partial charge in [0.25, 0.3) is 0 Å². The first-order valence-corrected chi connectivity index (χ1v) is 10.8. The maximum absolute atomic E-state index is 13.8. The van der Waals surface area contributed by atoms with E-state index in [0.717, 1.165) is 48.4 Å². The molecule has 0 unspecified atom stereocenters. The summed E-state index contributed by atoms with van der Waals surface area (Å²) in [5.74, 6) is 0.965. The summed E-state index contributed by atoms with van der Waals surface area (Å²) in [6.45, 7) is 9.98. The zero-order chi connectivity index (χ0) is 21.1. The van der Waals surface area contributed by atoms with Crippen molar-refractivity contribution in [1.29, 1.82) is 0 Å². The lowest BCUT2D eigenvalue weighted by molar-refractivity contribution is -0.138. The molecule has 0 radical (unpaired) electrons. The third-order valence-corrected chi connectivity index (χ3v) is 6.70. The van der Waals surface area contributed by atoms with Crippen LogP contribution in [0.3, 0.4) is 0 Å². The van der Waals surface area contributed by atoms with Crippen LogP contribution in [0.5, 0.6) is 0 Å². The highest BCUT2D eigenvalue weighted by atomic mass is 19.1. The van der Waals surface area contributed by atoms with Gasteiger partial charge in [0.15, 0.2) is 0 Å². The van der Waals surface area contributed by atoms with Crippen molar-refractivity contribution >= 4 is 5.91 Å². The molecule has 1 saturated carbocycles. The van der Waals surface area contributed by atoms with E-state index in [1.54, 1.807) is 12.1 Å². The van der Waals surface area contributed by atoms with Gasteiger partial charge in [0.1, 0.15) is 11.6 Å². The van der Waals surface area contributed by atoms with Crippen molar-refractivity contribution < 1.29 is 13.7 Å². The molecule has 2 atom stereocenters. The molecule has 0 N–H and O–H groups in total. The Hall–Kier alpha value is -2.17. The predicted molar refractivity (Wildman–Crippen MR) is 112 cm³/mol. The number of halogens is 1. The van der Waals surface area contributed by atoms with Crippen molar-refractivity contribution in [3.05, 3.63) is 52.7 Å². The Morgan fingerprint density at radius 3 is 2.31 bits per heavy atom. The van der Waals surface area contributed by atoms with Crippen LogP contribution in [0, 0.1) is 25.6 Å². The smallest absolute Gasteiger partial charge is 0.230 e. The van der Waals surface area contributed by atoms with Crippen LogP contribution < -0.4 is 0 Å². The SMILES string of the molecule is CCC1CCC(N(C(=O)[C@H](C)c2c(C)noc2C)[C@@H](C)c2ccc(F)cc2)CC1. The lowest BCUT2D eigenvalue weighted by Gasteiger charge is -2.42. The summed E-state index contributed by atoms with van der Waals surface area (Å²) >= 11 is 0. The molecule has 0 aliphatic heterocycles. The van der Waals surface area contributed by atoms with Gasteiger partial charge in [-0.2, -0.15) is 0 Å². The van der Waals surface area contributed by atoms with E-state index in [4.69, 9.17) is 4.52 Å². The van der Waals surface area contributed by atoms with E-state index in [-0.39, 0.29) is 29.7 Å². The molecule has 3 rings (SSSR count). The monoisotopic (exact) mass is 400 g/mol. The van der Waals surface area contributed by atoms with Gasteiger partial charge >= 0.3 is 0 Å². The second-order valence-electron chi connectivity index (χ2n) is 8.52. The summed E-state index contributed by atoms with van der Waals surface area (Å²) in [6, 6.07) is 6.61. The molecule has 0 bridgehead atoms. The summed E-state index contributed by atoms with van der Waals surface area (Å²) < 4.78 is 18.8. The minimum Gasteiger partial charge on any atom is -0.361 e. The Labute approximate surface area is 173 Å². The van der Waals surface area contributed by atoms with Crippen molar-refractivity contribution in [3.63, 3.8) is 0 Å². The van der Waals surface area contributed by atoms with Gasteiger partial charge in [0.05, 0.1) is 17.7 Å². The Kier molecular flexibility index (Phi) is 6.76. The van der Waals surface area contributed by atoms with E-state index in [1.807, 2.05) is 20.8 Å². The van der Waals surface area contributed by atoms with Gasteiger partial charge in [-0.05, 0) is 77.0 Å². The molecule has 1 aliphatic rings. The van der Waals surface area contributed by atoms with E-state index in [1.165, 1.54) is 18.6 Å². The number of carbonyl (C=O) groups is 1. The first-order chi connectivity index (χ1) is 13.8. The third kappa shape index (κ3) is 4.54. The van der Waals surface area contributed by atoms with Crippen LogP contribution in [0.1, 0.15) is 87.4 Å². The number of hydrogen-bond acceptors (Lipinski definition) is 3. The van der Waals surface area contributed by atoms with Gasteiger partial charge in [0.2, 0.25) is 5.91 Å². The fourth-order valence-corrected chi connectivity index (χ4v) is 4.88. The largest absolute Gasteiger partial charge is 0.361 e. The number of aromatic nitrogens is 1. The van der Waals surface area contributed by atoms with Crippen molar-refractivity contribution in [1.82, 2.24) is 10.1 Å². The number of hydrogen-bond donors (Lipinski definition) is 0. The third-order valence-electron chi connectivity index (χ3n) is 6.70. The average molecular weight is 401 g/mol. The summed E-state index contributed by atoms with van der Waals surface area (Å²) in [6.07, 6.45) is 5.54. The molecule has 1 heterocycles. The molecule has 29 heavy (non-hydrogen) atoms. The number of aryl methyl sites for hydroxylation is 2. The van der Waals surface area contributed by atoms with Crippen molar-refractivity contribution in [2.45, 2.75) is 84.7 Å². The lowest BCUT2D eigenvalue weighted by Crippen LogP contribution is -2.45. The molecule has 1 amide bonds.